The molecular weight excluding hydrogens is 391 g/mol. The van der Waals surface area contributed by atoms with E-state index in [2.05, 4.69) is 36.1 Å². The summed E-state index contributed by atoms with van der Waals surface area (Å²) in [5, 5.41) is 3.21. The van der Waals surface area contributed by atoms with Crippen LogP contribution in [0, 0.1) is 5.92 Å². The number of guanidine groups is 1. The van der Waals surface area contributed by atoms with Gasteiger partial charge in [0.05, 0.1) is 12.7 Å². The molecule has 5 nitrogen and oxygen atoms in total. The first-order valence-corrected chi connectivity index (χ1v) is 7.67. The van der Waals surface area contributed by atoms with Crippen LogP contribution in [0.15, 0.2) is 29.5 Å². The fourth-order valence-corrected chi connectivity index (χ4v) is 1.96. The number of aliphatic imine (C=N–C) groups is 1. The Morgan fingerprint density at radius 1 is 1.36 bits per heavy atom. The molecule has 0 aromatic carbocycles. The Morgan fingerprint density at radius 3 is 2.77 bits per heavy atom. The molecule has 1 atom stereocenters. The minimum atomic E-state index is 0. The van der Waals surface area contributed by atoms with Gasteiger partial charge in [0.1, 0.15) is 12.4 Å². The van der Waals surface area contributed by atoms with Gasteiger partial charge in [-0.1, -0.05) is 26.7 Å². The van der Waals surface area contributed by atoms with Gasteiger partial charge in [0, 0.05) is 12.2 Å². The topological polar surface area (TPSA) is 72.5 Å². The summed E-state index contributed by atoms with van der Waals surface area (Å²) in [7, 11) is 0. The lowest BCUT2D eigenvalue weighted by Crippen LogP contribution is -2.38. The number of halogens is 1. The molecule has 0 saturated heterocycles. The zero-order chi connectivity index (χ0) is 15.5. The van der Waals surface area contributed by atoms with Crippen LogP contribution in [0.1, 0.15) is 40.0 Å². The van der Waals surface area contributed by atoms with Crippen LogP contribution in [-0.2, 0) is 0 Å². The molecule has 1 aromatic heterocycles. The first-order chi connectivity index (χ1) is 10.1. The molecule has 0 radical (unpaired) electrons. The Morgan fingerprint density at radius 2 is 2.14 bits per heavy atom. The molecule has 0 fully saturated rings. The Hall–Kier alpha value is -1.05. The average Bonchev–Trinajstić information content (AvgIpc) is 2.44. The van der Waals surface area contributed by atoms with Crippen molar-refractivity contribution < 1.29 is 4.74 Å². The van der Waals surface area contributed by atoms with Gasteiger partial charge in [-0.15, -0.1) is 24.0 Å². The van der Waals surface area contributed by atoms with Gasteiger partial charge in [-0.25, -0.2) is 4.99 Å². The number of aromatic nitrogens is 1. The van der Waals surface area contributed by atoms with Crippen molar-refractivity contribution in [2.24, 2.45) is 16.6 Å². The van der Waals surface area contributed by atoms with Crippen LogP contribution >= 0.6 is 24.0 Å². The molecule has 0 saturated carbocycles. The van der Waals surface area contributed by atoms with Crippen molar-refractivity contribution >= 4 is 29.9 Å². The molecule has 1 heterocycles. The fraction of sp³-hybridized carbons (Fsp3) is 0.625. The SMILES string of the molecule is CC(C)CCCC(C)NC(N)=NCCOc1cccnc1.I. The summed E-state index contributed by atoms with van der Waals surface area (Å²) in [6.07, 6.45) is 6.97. The molecule has 0 aliphatic carbocycles. The van der Waals surface area contributed by atoms with E-state index in [1.165, 1.54) is 12.8 Å². The Labute approximate surface area is 151 Å². The lowest BCUT2D eigenvalue weighted by atomic mass is 10.0. The third-order valence-electron chi connectivity index (χ3n) is 3.09. The Balaban J connectivity index is 0.00000441. The third-order valence-corrected chi connectivity index (χ3v) is 3.09. The number of nitrogens with two attached hydrogens (primary N) is 1. The maximum atomic E-state index is 5.86. The van der Waals surface area contributed by atoms with Crippen LogP contribution in [0.5, 0.6) is 5.75 Å². The predicted molar refractivity (Wildman–Crippen MR) is 103 cm³/mol. The van der Waals surface area contributed by atoms with E-state index in [1.807, 2.05) is 12.1 Å². The third kappa shape index (κ3) is 10.6. The summed E-state index contributed by atoms with van der Waals surface area (Å²) in [4.78, 5) is 8.24. The zero-order valence-corrected chi connectivity index (χ0v) is 16.1. The van der Waals surface area contributed by atoms with Crippen LogP contribution in [0.25, 0.3) is 0 Å². The van der Waals surface area contributed by atoms with Crippen molar-refractivity contribution in [3.05, 3.63) is 24.5 Å². The van der Waals surface area contributed by atoms with E-state index >= 15 is 0 Å². The summed E-state index contributed by atoms with van der Waals surface area (Å²) in [6.45, 7) is 7.66. The first kappa shape index (κ1) is 20.9. The average molecular weight is 420 g/mol. The maximum absolute atomic E-state index is 5.86. The summed E-state index contributed by atoms with van der Waals surface area (Å²) < 4.78 is 5.50. The number of ether oxygens (including phenoxy) is 1. The van der Waals surface area contributed by atoms with Gasteiger partial charge in [-0.2, -0.15) is 0 Å². The van der Waals surface area contributed by atoms with Gasteiger partial charge in [0.25, 0.3) is 0 Å². The molecule has 1 rings (SSSR count). The van der Waals surface area contributed by atoms with E-state index in [9.17, 15) is 0 Å². The van der Waals surface area contributed by atoms with Crippen molar-refractivity contribution in [1.82, 2.24) is 10.3 Å². The molecule has 3 N–H and O–H groups in total. The van der Waals surface area contributed by atoms with Gasteiger partial charge < -0.3 is 15.8 Å². The van der Waals surface area contributed by atoms with E-state index in [1.54, 1.807) is 12.4 Å². The van der Waals surface area contributed by atoms with E-state index in [4.69, 9.17) is 10.5 Å². The number of hydrogen-bond donors (Lipinski definition) is 2. The van der Waals surface area contributed by atoms with Crippen molar-refractivity contribution in [1.29, 1.82) is 0 Å². The largest absolute Gasteiger partial charge is 0.490 e. The highest BCUT2D eigenvalue weighted by molar-refractivity contribution is 14.0. The molecule has 6 heteroatoms. The minimum Gasteiger partial charge on any atom is -0.490 e. The van der Waals surface area contributed by atoms with E-state index in [-0.39, 0.29) is 24.0 Å². The zero-order valence-electron chi connectivity index (χ0n) is 13.8. The van der Waals surface area contributed by atoms with Gasteiger partial charge in [0.15, 0.2) is 5.96 Å². The quantitative estimate of drug-likeness (QED) is 0.279. The molecule has 1 aromatic rings. The van der Waals surface area contributed by atoms with Crippen LogP contribution in [0.3, 0.4) is 0 Å². The fourth-order valence-electron chi connectivity index (χ4n) is 1.96. The summed E-state index contributed by atoms with van der Waals surface area (Å²) in [5.74, 6) is 2.00. The number of hydrogen-bond acceptors (Lipinski definition) is 3. The van der Waals surface area contributed by atoms with Crippen LogP contribution in [-0.4, -0.2) is 30.1 Å². The smallest absolute Gasteiger partial charge is 0.188 e. The van der Waals surface area contributed by atoms with Crippen LogP contribution in [0.4, 0.5) is 0 Å². The Bertz CT molecular complexity index is 412. The van der Waals surface area contributed by atoms with E-state index in [0.717, 1.165) is 18.1 Å². The van der Waals surface area contributed by atoms with E-state index in [0.29, 0.717) is 25.2 Å². The molecule has 0 aliphatic heterocycles. The second-order valence-electron chi connectivity index (χ2n) is 5.67. The van der Waals surface area contributed by atoms with Crippen molar-refractivity contribution in [2.75, 3.05) is 13.2 Å². The second-order valence-corrected chi connectivity index (χ2v) is 5.67. The molecule has 0 spiro atoms. The highest BCUT2D eigenvalue weighted by Gasteiger charge is 2.03. The minimum absolute atomic E-state index is 0. The highest BCUT2D eigenvalue weighted by Crippen LogP contribution is 2.08. The van der Waals surface area contributed by atoms with Crippen molar-refractivity contribution in [3.63, 3.8) is 0 Å². The van der Waals surface area contributed by atoms with Gasteiger partial charge >= 0.3 is 0 Å². The first-order valence-electron chi connectivity index (χ1n) is 7.67. The normalized spacial score (nSPS) is 12.6. The molecule has 0 bridgehead atoms. The highest BCUT2D eigenvalue weighted by atomic mass is 127. The van der Waals surface area contributed by atoms with Gasteiger partial charge in [-0.05, 0) is 31.4 Å². The number of rotatable bonds is 9. The number of nitrogens with zero attached hydrogens (tertiary/aromatic N) is 2. The summed E-state index contributed by atoms with van der Waals surface area (Å²) in [6, 6.07) is 4.06. The molecule has 0 aliphatic rings. The number of nitrogens with one attached hydrogen (secondary N) is 1. The van der Waals surface area contributed by atoms with Gasteiger partial charge in [-0.3, -0.25) is 4.98 Å². The van der Waals surface area contributed by atoms with Crippen LogP contribution in [0.2, 0.25) is 0 Å². The van der Waals surface area contributed by atoms with E-state index < -0.39 is 0 Å². The second kappa shape index (κ2) is 12.5. The number of pyridine rings is 1. The standard InChI is InChI=1S/C16H28N4O.HI/c1-13(2)6-4-7-14(3)20-16(17)19-10-11-21-15-8-5-9-18-12-15;/h5,8-9,12-14H,4,6-7,10-11H2,1-3H3,(H3,17,19,20);1H. The molecule has 126 valence electrons. The predicted octanol–water partition coefficient (Wildman–Crippen LogP) is 3.20. The van der Waals surface area contributed by atoms with Crippen molar-refractivity contribution in [3.8, 4) is 5.75 Å². The summed E-state index contributed by atoms with van der Waals surface area (Å²) in [5.41, 5.74) is 5.86. The summed E-state index contributed by atoms with van der Waals surface area (Å²) >= 11 is 0. The Kier molecular flexibility index (Phi) is 11.9. The molecular formula is C16H29IN4O. The lowest BCUT2D eigenvalue weighted by molar-refractivity contribution is 0.327. The monoisotopic (exact) mass is 420 g/mol. The van der Waals surface area contributed by atoms with Crippen molar-refractivity contribution in [2.45, 2.75) is 46.1 Å². The molecule has 0 amide bonds. The van der Waals surface area contributed by atoms with Crippen LogP contribution < -0.4 is 15.8 Å². The molecule has 22 heavy (non-hydrogen) atoms. The molecule has 1 unspecified atom stereocenters. The van der Waals surface area contributed by atoms with Gasteiger partial charge in [0.2, 0.25) is 0 Å². The maximum Gasteiger partial charge on any atom is 0.188 e. The lowest BCUT2D eigenvalue weighted by Gasteiger charge is -2.15.